The van der Waals surface area contributed by atoms with Crippen molar-refractivity contribution in [3.8, 4) is 0 Å². The topological polar surface area (TPSA) is 49.6 Å². The van der Waals surface area contributed by atoms with Crippen LogP contribution in [0.25, 0.3) is 11.0 Å². The summed E-state index contributed by atoms with van der Waals surface area (Å²) in [6, 6.07) is 12.4. The second-order valence-corrected chi connectivity index (χ2v) is 8.59. The molecule has 0 aliphatic carbocycles. The highest BCUT2D eigenvalue weighted by atomic mass is 16.3. The summed E-state index contributed by atoms with van der Waals surface area (Å²) < 4.78 is 6.09. The predicted octanol–water partition coefficient (Wildman–Crippen LogP) is 4.95. The van der Waals surface area contributed by atoms with Crippen molar-refractivity contribution in [3.05, 3.63) is 65.7 Å². The lowest BCUT2D eigenvalue weighted by Gasteiger charge is -2.36. The van der Waals surface area contributed by atoms with Crippen molar-refractivity contribution in [2.75, 3.05) is 26.7 Å². The fourth-order valence-corrected chi connectivity index (χ4v) is 4.55. The Labute approximate surface area is 185 Å². The summed E-state index contributed by atoms with van der Waals surface area (Å²) in [5.74, 6) is 0.945. The second-order valence-electron chi connectivity index (χ2n) is 8.59. The van der Waals surface area contributed by atoms with Gasteiger partial charge < -0.3 is 14.2 Å². The number of carbonyl (C=O) groups is 1. The van der Waals surface area contributed by atoms with Gasteiger partial charge >= 0.3 is 0 Å². The number of benzene rings is 1. The first kappa shape index (κ1) is 21.6. The van der Waals surface area contributed by atoms with Crippen LogP contribution in [0.5, 0.6) is 0 Å². The molecule has 5 heteroatoms. The molecule has 0 radical (unpaired) electrons. The van der Waals surface area contributed by atoms with Crippen LogP contribution >= 0.6 is 0 Å². The van der Waals surface area contributed by atoms with Crippen molar-refractivity contribution < 1.29 is 9.21 Å². The summed E-state index contributed by atoms with van der Waals surface area (Å²) in [5, 5.41) is 0.945. The number of nitrogens with zero attached hydrogens (tertiary/aromatic N) is 3. The Morgan fingerprint density at radius 1 is 1.13 bits per heavy atom. The molecule has 1 aromatic carbocycles. The van der Waals surface area contributed by atoms with Gasteiger partial charge in [0.2, 0.25) is 0 Å². The summed E-state index contributed by atoms with van der Waals surface area (Å²) in [4.78, 5) is 22.1. The molecular formula is C26H33N3O2. The van der Waals surface area contributed by atoms with Crippen LogP contribution in [-0.4, -0.2) is 53.4 Å². The van der Waals surface area contributed by atoms with E-state index >= 15 is 0 Å². The summed E-state index contributed by atoms with van der Waals surface area (Å²) in [5.41, 5.74) is 2.92. The molecule has 1 aliphatic rings. The van der Waals surface area contributed by atoms with Gasteiger partial charge in [0.25, 0.3) is 5.91 Å². The van der Waals surface area contributed by atoms with E-state index in [0.717, 1.165) is 80.5 Å². The average Bonchev–Trinajstić information content (AvgIpc) is 3.19. The monoisotopic (exact) mass is 419 g/mol. The molecule has 1 saturated heterocycles. The van der Waals surface area contributed by atoms with Gasteiger partial charge in [-0.05, 0) is 49.4 Å². The lowest BCUT2D eigenvalue weighted by molar-refractivity contribution is 0.0643. The van der Waals surface area contributed by atoms with Crippen LogP contribution in [0, 0.1) is 0 Å². The molecule has 31 heavy (non-hydrogen) atoms. The first-order valence-corrected chi connectivity index (χ1v) is 11.6. The van der Waals surface area contributed by atoms with E-state index in [4.69, 9.17) is 4.42 Å². The van der Waals surface area contributed by atoms with Crippen LogP contribution in [0.1, 0.15) is 54.3 Å². The molecule has 0 N–H and O–H groups in total. The lowest BCUT2D eigenvalue weighted by Crippen LogP contribution is -2.46. The van der Waals surface area contributed by atoms with Crippen LogP contribution in [0.2, 0.25) is 0 Å². The molecule has 0 bridgehead atoms. The van der Waals surface area contributed by atoms with Crippen molar-refractivity contribution in [1.29, 1.82) is 0 Å². The van der Waals surface area contributed by atoms with Gasteiger partial charge in [0.1, 0.15) is 11.3 Å². The number of rotatable bonds is 8. The van der Waals surface area contributed by atoms with E-state index < -0.39 is 0 Å². The van der Waals surface area contributed by atoms with Crippen LogP contribution in [0.3, 0.4) is 0 Å². The minimum absolute atomic E-state index is 0.103. The summed E-state index contributed by atoms with van der Waals surface area (Å²) in [6.45, 7) is 5.28. The van der Waals surface area contributed by atoms with Crippen LogP contribution in [-0.2, 0) is 12.8 Å². The predicted molar refractivity (Wildman–Crippen MR) is 124 cm³/mol. The van der Waals surface area contributed by atoms with E-state index in [0.29, 0.717) is 0 Å². The third-order valence-electron chi connectivity index (χ3n) is 6.53. The smallest absolute Gasteiger partial charge is 0.258 e. The Morgan fingerprint density at radius 2 is 1.87 bits per heavy atom. The molecule has 0 saturated carbocycles. The SMILES string of the molecule is CCCCc1oc2ccccc2c1C(=O)N(C)C1CCN(CCc2ccncc2)CC1. The van der Waals surface area contributed by atoms with Crippen molar-refractivity contribution in [2.45, 2.75) is 51.5 Å². The van der Waals surface area contributed by atoms with Gasteiger partial charge in [-0.2, -0.15) is 0 Å². The number of fused-ring (bicyclic) bond motifs is 1. The molecule has 0 atom stereocenters. The first-order valence-electron chi connectivity index (χ1n) is 11.6. The van der Waals surface area contributed by atoms with Gasteiger partial charge in [-0.1, -0.05) is 31.5 Å². The number of unbranched alkanes of at least 4 members (excludes halogenated alkanes) is 1. The maximum absolute atomic E-state index is 13.5. The number of aromatic nitrogens is 1. The highest BCUT2D eigenvalue weighted by molar-refractivity contribution is 6.07. The number of likely N-dealkylation sites (tertiary alicyclic amines) is 1. The molecule has 1 fully saturated rings. The molecule has 3 heterocycles. The average molecular weight is 420 g/mol. The molecule has 1 amide bonds. The third-order valence-corrected chi connectivity index (χ3v) is 6.53. The molecule has 4 rings (SSSR count). The van der Waals surface area contributed by atoms with E-state index in [2.05, 4.69) is 28.9 Å². The molecule has 0 spiro atoms. The summed E-state index contributed by atoms with van der Waals surface area (Å²) >= 11 is 0. The van der Waals surface area contributed by atoms with Crippen LogP contribution in [0.15, 0.2) is 53.2 Å². The van der Waals surface area contributed by atoms with Crippen LogP contribution < -0.4 is 0 Å². The Balaban J connectivity index is 1.40. The van der Waals surface area contributed by atoms with Crippen LogP contribution in [0.4, 0.5) is 0 Å². The minimum Gasteiger partial charge on any atom is -0.460 e. The molecule has 2 aromatic heterocycles. The van der Waals surface area contributed by atoms with Crippen molar-refractivity contribution in [2.24, 2.45) is 0 Å². The quantitative estimate of drug-likeness (QED) is 0.518. The standard InChI is InChI=1S/C26H33N3O2/c1-3-4-8-24-25(22-7-5-6-9-23(22)31-24)26(30)28(2)21-13-18-29(19-14-21)17-12-20-10-15-27-16-11-20/h5-7,9-11,15-16,21H,3-4,8,12-14,17-19H2,1-2H3. The zero-order chi connectivity index (χ0) is 21.6. The van der Waals surface area contributed by atoms with E-state index in [1.807, 2.05) is 48.6 Å². The molecule has 5 nitrogen and oxygen atoms in total. The van der Waals surface area contributed by atoms with Gasteiger partial charge in [-0.25, -0.2) is 0 Å². The molecule has 0 unspecified atom stereocenters. The Bertz CT molecular complexity index is 990. The van der Waals surface area contributed by atoms with Crippen molar-refractivity contribution in [3.63, 3.8) is 0 Å². The fourth-order valence-electron chi connectivity index (χ4n) is 4.55. The zero-order valence-electron chi connectivity index (χ0n) is 18.7. The highest BCUT2D eigenvalue weighted by Crippen LogP contribution is 2.29. The first-order chi connectivity index (χ1) is 15.2. The number of hydrogen-bond acceptors (Lipinski definition) is 4. The Morgan fingerprint density at radius 3 is 2.61 bits per heavy atom. The largest absolute Gasteiger partial charge is 0.460 e. The van der Waals surface area contributed by atoms with E-state index in [-0.39, 0.29) is 11.9 Å². The molecule has 164 valence electrons. The zero-order valence-corrected chi connectivity index (χ0v) is 18.7. The second kappa shape index (κ2) is 10.1. The third kappa shape index (κ3) is 4.99. The number of aryl methyl sites for hydroxylation is 1. The van der Waals surface area contributed by atoms with E-state index in [9.17, 15) is 4.79 Å². The molecule has 3 aromatic rings. The molecular weight excluding hydrogens is 386 g/mol. The summed E-state index contributed by atoms with van der Waals surface area (Å²) in [7, 11) is 1.96. The number of carbonyl (C=O) groups excluding carboxylic acids is 1. The van der Waals surface area contributed by atoms with Gasteiger partial charge in [-0.15, -0.1) is 0 Å². The number of furan rings is 1. The van der Waals surface area contributed by atoms with E-state index in [1.54, 1.807) is 0 Å². The summed E-state index contributed by atoms with van der Waals surface area (Å²) in [6.07, 6.45) is 9.71. The minimum atomic E-state index is 0.103. The molecule has 1 aliphatic heterocycles. The van der Waals surface area contributed by atoms with Gasteiger partial charge in [0, 0.05) is 56.9 Å². The maximum atomic E-state index is 13.5. The number of piperidine rings is 1. The Hall–Kier alpha value is -2.66. The van der Waals surface area contributed by atoms with E-state index in [1.165, 1.54) is 5.56 Å². The lowest BCUT2D eigenvalue weighted by atomic mass is 10.0. The number of pyridine rings is 1. The number of para-hydroxylation sites is 1. The normalized spacial score (nSPS) is 15.4. The Kier molecular flexibility index (Phi) is 7.03. The van der Waals surface area contributed by atoms with Crippen molar-refractivity contribution in [1.82, 2.24) is 14.8 Å². The number of amides is 1. The van der Waals surface area contributed by atoms with Gasteiger partial charge in [0.15, 0.2) is 0 Å². The highest BCUT2D eigenvalue weighted by Gasteiger charge is 2.29. The maximum Gasteiger partial charge on any atom is 0.258 e. The fraction of sp³-hybridized carbons (Fsp3) is 0.462. The van der Waals surface area contributed by atoms with Gasteiger partial charge in [0.05, 0.1) is 5.56 Å². The number of hydrogen-bond donors (Lipinski definition) is 0. The van der Waals surface area contributed by atoms with Gasteiger partial charge in [-0.3, -0.25) is 9.78 Å². The van der Waals surface area contributed by atoms with Crippen molar-refractivity contribution >= 4 is 16.9 Å².